The molecule has 6 aliphatic heterocycles. The quantitative estimate of drug-likeness (QED) is 0.181. The van der Waals surface area contributed by atoms with Gasteiger partial charge in [0.25, 0.3) is 0 Å². The summed E-state index contributed by atoms with van der Waals surface area (Å²) in [4.78, 5) is 8.50. The molecule has 6 heteroatoms. The van der Waals surface area contributed by atoms with Crippen LogP contribution < -0.4 is 5.73 Å². The molecule has 0 amide bonds. The Morgan fingerprint density at radius 1 is 0.594 bits per heavy atom. The zero-order valence-electron chi connectivity index (χ0n) is 38.8. The number of rotatable bonds is 9. The first-order valence-corrected chi connectivity index (χ1v) is 25.7. The third-order valence-electron chi connectivity index (χ3n) is 19.6. The minimum atomic E-state index is -0.108. The molecule has 8 bridgehead atoms. The van der Waals surface area contributed by atoms with Gasteiger partial charge in [-0.1, -0.05) is 108 Å². The van der Waals surface area contributed by atoms with E-state index in [4.69, 9.17) is 15.2 Å². The average molecular weight is 859 g/mol. The van der Waals surface area contributed by atoms with Crippen LogP contribution in [0.5, 0.6) is 0 Å². The molecule has 6 saturated heterocycles. The maximum Gasteiger partial charge on any atom is 0.0938 e. The van der Waals surface area contributed by atoms with Crippen LogP contribution in [-0.2, 0) is 46.2 Å². The van der Waals surface area contributed by atoms with Crippen molar-refractivity contribution in [3.63, 3.8) is 0 Å². The Bertz CT molecular complexity index is 2360. The predicted molar refractivity (Wildman–Crippen MR) is 257 cm³/mol. The van der Waals surface area contributed by atoms with Crippen LogP contribution in [0.1, 0.15) is 123 Å². The van der Waals surface area contributed by atoms with Gasteiger partial charge in [0.05, 0.1) is 24.4 Å². The number of ether oxygens (including phenoxy) is 2. The van der Waals surface area contributed by atoms with Gasteiger partial charge in [-0.05, 0) is 162 Å². The highest BCUT2D eigenvalue weighted by Crippen LogP contribution is 2.67. The Hall–Kier alpha value is -3.36. The number of benzene rings is 4. The van der Waals surface area contributed by atoms with Crippen LogP contribution in [0.25, 0.3) is 0 Å². The van der Waals surface area contributed by atoms with Crippen LogP contribution in [0.4, 0.5) is 0 Å². The third kappa shape index (κ3) is 6.24. The van der Waals surface area contributed by atoms with E-state index in [9.17, 15) is 0 Å². The Morgan fingerprint density at radius 3 is 1.56 bits per heavy atom. The molecule has 16 rings (SSSR count). The Labute approximate surface area is 384 Å². The fourth-order valence-corrected chi connectivity index (χ4v) is 16.1. The molecule has 2 spiro atoms. The Balaban J connectivity index is 0.000000147. The van der Waals surface area contributed by atoms with E-state index in [1.807, 2.05) is 0 Å². The van der Waals surface area contributed by atoms with E-state index in [-0.39, 0.29) is 34.5 Å². The Kier molecular flexibility index (Phi) is 9.46. The highest BCUT2D eigenvalue weighted by atomic mass is 16.5. The molecule has 0 unspecified atom stereocenters. The first-order valence-electron chi connectivity index (χ1n) is 25.7. The molecular formula is C58H74N4O2. The number of hydrogen-bond acceptors (Lipinski definition) is 6. The van der Waals surface area contributed by atoms with Gasteiger partial charge in [0, 0.05) is 61.6 Å². The highest BCUT2D eigenvalue weighted by molar-refractivity contribution is 5.50. The summed E-state index contributed by atoms with van der Waals surface area (Å²) in [5.41, 5.74) is 19.0. The molecule has 12 aliphatic rings. The number of nitrogens with zero attached hydrogens (tertiary/aromatic N) is 3. The first-order chi connectivity index (χ1) is 31.1. The molecule has 6 aliphatic carbocycles. The summed E-state index contributed by atoms with van der Waals surface area (Å²) >= 11 is 0. The minimum Gasteiger partial charge on any atom is -0.371 e. The predicted octanol–water partition coefficient (Wildman–Crippen LogP) is 9.84. The van der Waals surface area contributed by atoms with Gasteiger partial charge in [-0.2, -0.15) is 0 Å². The second-order valence-corrected chi connectivity index (χ2v) is 23.4. The van der Waals surface area contributed by atoms with Gasteiger partial charge in [0.15, 0.2) is 0 Å². The van der Waals surface area contributed by atoms with Crippen molar-refractivity contribution in [1.29, 1.82) is 0 Å². The van der Waals surface area contributed by atoms with Gasteiger partial charge >= 0.3 is 0 Å². The number of likely N-dealkylation sites (tertiary alicyclic amines) is 2. The lowest BCUT2D eigenvalue weighted by atomic mass is 9.45. The fraction of sp³-hybridized carbons (Fsp3) is 0.586. The first kappa shape index (κ1) is 40.9. The summed E-state index contributed by atoms with van der Waals surface area (Å²) in [6.45, 7) is 13.1. The van der Waals surface area contributed by atoms with Gasteiger partial charge in [-0.15, -0.1) is 0 Å². The largest absolute Gasteiger partial charge is 0.371 e. The van der Waals surface area contributed by atoms with E-state index in [0.29, 0.717) is 12.1 Å². The minimum absolute atomic E-state index is 0. The van der Waals surface area contributed by atoms with Gasteiger partial charge in [-0.25, -0.2) is 0 Å². The number of nitrogens with two attached hydrogens (primary N) is 1. The monoisotopic (exact) mass is 859 g/mol. The van der Waals surface area contributed by atoms with Crippen molar-refractivity contribution < 1.29 is 10.9 Å². The SMILES string of the molecule is Cc1ccc2c(c1)[C@]13CCN(CC4CC4)[C@H](C2)[C@]12CC[C@@](N(Cc1ccccc1)Cc1ccccc1)(CO2)C3.Cc1ccc2c(c1)[C@]13CCN(CC4CC4)[C@H](C2)[C@]12CC[C@@](N)(CO2)C3.[HH]. The van der Waals surface area contributed by atoms with E-state index in [0.717, 1.165) is 63.8 Å². The topological polar surface area (TPSA) is 54.2 Å². The second-order valence-electron chi connectivity index (χ2n) is 23.4. The van der Waals surface area contributed by atoms with E-state index in [1.54, 1.807) is 22.3 Å². The summed E-state index contributed by atoms with van der Waals surface area (Å²) in [5.74, 6) is 1.87. The van der Waals surface area contributed by atoms with Gasteiger partial charge in [0.2, 0.25) is 0 Å². The summed E-state index contributed by atoms with van der Waals surface area (Å²) < 4.78 is 14.2. The summed E-state index contributed by atoms with van der Waals surface area (Å²) in [5, 5.41) is 0. The zero-order chi connectivity index (χ0) is 42.9. The third-order valence-corrected chi connectivity index (χ3v) is 19.6. The van der Waals surface area contributed by atoms with Gasteiger partial charge in [-0.3, -0.25) is 14.7 Å². The maximum atomic E-state index is 7.43. The van der Waals surface area contributed by atoms with Crippen LogP contribution in [-0.4, -0.2) is 88.5 Å². The maximum absolute atomic E-state index is 7.43. The second kappa shape index (κ2) is 14.8. The lowest BCUT2D eigenvalue weighted by Gasteiger charge is -2.73. The van der Waals surface area contributed by atoms with E-state index in [2.05, 4.69) is 126 Å². The van der Waals surface area contributed by atoms with Crippen molar-refractivity contribution in [3.8, 4) is 0 Å². The number of fused-ring (bicyclic) bond motifs is 6. The van der Waals surface area contributed by atoms with E-state index in [1.165, 1.54) is 113 Å². The van der Waals surface area contributed by atoms with E-state index < -0.39 is 0 Å². The summed E-state index contributed by atoms with van der Waals surface area (Å²) in [6.07, 6.45) is 17.6. The molecule has 4 aromatic rings. The van der Waals surface area contributed by atoms with Crippen molar-refractivity contribution >= 4 is 0 Å². The lowest BCUT2D eigenvalue weighted by Crippen LogP contribution is -2.81. The molecule has 0 radical (unpaired) electrons. The van der Waals surface area contributed by atoms with E-state index >= 15 is 0 Å². The highest BCUT2D eigenvalue weighted by Gasteiger charge is 2.73. The van der Waals surface area contributed by atoms with Crippen molar-refractivity contribution in [2.24, 2.45) is 17.6 Å². The Morgan fingerprint density at radius 2 is 1.09 bits per heavy atom. The standard InChI is InChI=1S/C36H42N2O.C22H30N2O.H2/c1-27-12-15-31-21-33-36-17-16-34(26-39-36,25-35(36,32(31)20-27)18-19-37(33)22-30-13-14-30)38(23-28-8-4-2-5-9-28)24-29-10-6-3-7-11-29;1-15-2-5-17-11-19-22-7-6-20(23,14-25-22)13-21(22,18(17)10-15)8-9-24(19)12-16-3-4-16;/h2-12,15,20,30,33H,13-14,16-19,21-26H2,1H3;2,5,10,16,19H,3-4,6-9,11-14,23H2,1H3;1H/t33-,34+,35-,36-;19-,20+,21-,22-;/m11./s1. The molecule has 10 fully saturated rings. The normalized spacial score (nSPS) is 37.8. The fourth-order valence-electron chi connectivity index (χ4n) is 16.1. The molecule has 8 atom stereocenters. The molecule has 4 aromatic carbocycles. The smallest absolute Gasteiger partial charge is 0.0938 e. The number of aryl methyl sites for hydroxylation is 2. The molecular weight excluding hydrogens is 785 g/mol. The van der Waals surface area contributed by atoms with Crippen molar-refractivity contribution in [1.82, 2.24) is 14.7 Å². The molecule has 64 heavy (non-hydrogen) atoms. The van der Waals surface area contributed by atoms with Crippen LogP contribution in [0, 0.1) is 25.7 Å². The molecule has 338 valence electrons. The van der Waals surface area contributed by atoms with Crippen LogP contribution in [0.3, 0.4) is 0 Å². The molecule has 6 nitrogen and oxygen atoms in total. The molecule has 4 saturated carbocycles. The van der Waals surface area contributed by atoms with Crippen molar-refractivity contribution in [2.45, 2.75) is 162 Å². The summed E-state index contributed by atoms with van der Waals surface area (Å²) in [7, 11) is 0. The van der Waals surface area contributed by atoms with Gasteiger partial charge in [0.1, 0.15) is 0 Å². The summed E-state index contributed by atoms with van der Waals surface area (Å²) in [6, 6.07) is 37.9. The van der Waals surface area contributed by atoms with Crippen LogP contribution in [0.15, 0.2) is 97.1 Å². The molecule has 2 N–H and O–H groups in total. The molecule has 0 aromatic heterocycles. The van der Waals surface area contributed by atoms with Crippen molar-refractivity contribution in [2.75, 3.05) is 39.4 Å². The molecule has 6 heterocycles. The van der Waals surface area contributed by atoms with Crippen molar-refractivity contribution in [3.05, 3.63) is 142 Å². The van der Waals surface area contributed by atoms with Crippen LogP contribution in [0.2, 0.25) is 0 Å². The van der Waals surface area contributed by atoms with Gasteiger partial charge < -0.3 is 15.2 Å². The average Bonchev–Trinajstić information content (AvgIpc) is 4.27. The van der Waals surface area contributed by atoms with Crippen LogP contribution >= 0.6 is 0 Å². The number of piperidine rings is 2. The lowest BCUT2D eigenvalue weighted by molar-refractivity contribution is -0.283. The zero-order valence-corrected chi connectivity index (χ0v) is 38.8. The number of hydrogen-bond donors (Lipinski definition) is 1.